The molecule has 0 amide bonds. The summed E-state index contributed by atoms with van der Waals surface area (Å²) in [6, 6.07) is 0. The number of carboxylic acids is 1. The molecule has 0 radical (unpaired) electrons. The third-order valence-corrected chi connectivity index (χ3v) is 2.57. The summed E-state index contributed by atoms with van der Waals surface area (Å²) in [5.41, 5.74) is -0.432. The van der Waals surface area contributed by atoms with Gasteiger partial charge < -0.3 is 9.84 Å². The lowest BCUT2D eigenvalue weighted by molar-refractivity contribution is -0.159. The molecule has 1 heterocycles. The minimum absolute atomic E-state index is 0.0831. The van der Waals surface area contributed by atoms with E-state index in [9.17, 15) is 4.79 Å². The highest BCUT2D eigenvalue weighted by Crippen LogP contribution is 2.27. The largest absolute Gasteiger partial charge is 0.480 e. The van der Waals surface area contributed by atoms with Crippen LogP contribution in [0.3, 0.4) is 0 Å². The first kappa shape index (κ1) is 11.5. The molecular formula is C10H19NO3. The van der Waals surface area contributed by atoms with Crippen molar-refractivity contribution in [1.29, 1.82) is 0 Å². The van der Waals surface area contributed by atoms with Crippen LogP contribution < -0.4 is 0 Å². The number of aliphatic carboxylic acids is 1. The van der Waals surface area contributed by atoms with Gasteiger partial charge in [0, 0.05) is 12.1 Å². The zero-order valence-electron chi connectivity index (χ0n) is 9.33. The normalized spacial score (nSPS) is 26.0. The Bertz CT molecular complexity index is 236. The maximum Gasteiger partial charge on any atom is 0.317 e. The molecule has 4 heteroatoms. The minimum Gasteiger partial charge on any atom is -0.480 e. The monoisotopic (exact) mass is 201 g/mol. The van der Waals surface area contributed by atoms with Crippen molar-refractivity contribution in [1.82, 2.24) is 4.90 Å². The number of carbonyl (C=O) groups is 1. The standard InChI is InChI=1S/C10H19NO3/c1-9(2)7-14-10(3,4)6-11(9)5-8(12)13/h5-7H2,1-4H3,(H,12,13). The summed E-state index contributed by atoms with van der Waals surface area (Å²) in [7, 11) is 0. The van der Waals surface area contributed by atoms with Crippen molar-refractivity contribution >= 4 is 5.97 Å². The highest BCUT2D eigenvalue weighted by Gasteiger charge is 2.39. The second-order valence-corrected chi connectivity index (χ2v) is 5.11. The third kappa shape index (κ3) is 2.69. The second kappa shape index (κ2) is 3.51. The van der Waals surface area contributed by atoms with Gasteiger partial charge in [0.25, 0.3) is 0 Å². The zero-order valence-corrected chi connectivity index (χ0v) is 9.33. The van der Waals surface area contributed by atoms with Gasteiger partial charge in [0.2, 0.25) is 0 Å². The Balaban J connectivity index is 2.71. The van der Waals surface area contributed by atoms with Crippen LogP contribution in [0, 0.1) is 0 Å². The van der Waals surface area contributed by atoms with Gasteiger partial charge in [0.05, 0.1) is 18.8 Å². The lowest BCUT2D eigenvalue weighted by atomic mass is 9.96. The molecular weight excluding hydrogens is 182 g/mol. The smallest absolute Gasteiger partial charge is 0.317 e. The number of hydrogen-bond donors (Lipinski definition) is 1. The Morgan fingerprint density at radius 2 is 2.00 bits per heavy atom. The van der Waals surface area contributed by atoms with Gasteiger partial charge in [-0.1, -0.05) is 0 Å². The van der Waals surface area contributed by atoms with Gasteiger partial charge >= 0.3 is 5.97 Å². The van der Waals surface area contributed by atoms with Crippen molar-refractivity contribution in [2.75, 3.05) is 19.7 Å². The van der Waals surface area contributed by atoms with E-state index in [2.05, 4.69) is 0 Å². The van der Waals surface area contributed by atoms with Crippen LogP contribution in [0.25, 0.3) is 0 Å². The van der Waals surface area contributed by atoms with E-state index in [1.807, 2.05) is 32.6 Å². The molecule has 0 aromatic rings. The number of hydrogen-bond acceptors (Lipinski definition) is 3. The molecule has 14 heavy (non-hydrogen) atoms. The fourth-order valence-electron chi connectivity index (χ4n) is 1.62. The van der Waals surface area contributed by atoms with E-state index in [1.54, 1.807) is 0 Å². The number of morpholine rings is 1. The first-order chi connectivity index (χ1) is 6.23. The van der Waals surface area contributed by atoms with E-state index in [1.165, 1.54) is 0 Å². The van der Waals surface area contributed by atoms with E-state index < -0.39 is 5.97 Å². The van der Waals surface area contributed by atoms with Crippen molar-refractivity contribution in [2.45, 2.75) is 38.8 Å². The Labute approximate surface area is 84.8 Å². The van der Waals surface area contributed by atoms with Crippen LogP contribution in [-0.4, -0.2) is 46.8 Å². The second-order valence-electron chi connectivity index (χ2n) is 5.11. The molecule has 0 atom stereocenters. The quantitative estimate of drug-likeness (QED) is 0.723. The first-order valence-corrected chi connectivity index (χ1v) is 4.84. The van der Waals surface area contributed by atoms with E-state index >= 15 is 0 Å². The molecule has 0 saturated carbocycles. The maximum atomic E-state index is 10.7. The molecule has 0 aliphatic carbocycles. The predicted octanol–water partition coefficient (Wildman–Crippen LogP) is 0.960. The van der Waals surface area contributed by atoms with Gasteiger partial charge in [0.1, 0.15) is 0 Å². The third-order valence-electron chi connectivity index (χ3n) is 2.57. The number of ether oxygens (including phenoxy) is 1. The molecule has 1 rings (SSSR count). The van der Waals surface area contributed by atoms with Crippen LogP contribution in [0.4, 0.5) is 0 Å². The van der Waals surface area contributed by atoms with E-state index in [0.29, 0.717) is 13.2 Å². The predicted molar refractivity (Wildman–Crippen MR) is 53.3 cm³/mol. The highest BCUT2D eigenvalue weighted by atomic mass is 16.5. The lowest BCUT2D eigenvalue weighted by Gasteiger charge is -2.48. The SMILES string of the molecule is CC1(C)CN(CC(=O)O)C(C)(C)CO1. The van der Waals surface area contributed by atoms with Crippen LogP contribution in [-0.2, 0) is 9.53 Å². The van der Waals surface area contributed by atoms with Crippen LogP contribution in [0.5, 0.6) is 0 Å². The molecule has 0 unspecified atom stereocenters. The van der Waals surface area contributed by atoms with Crippen LogP contribution >= 0.6 is 0 Å². The van der Waals surface area contributed by atoms with Gasteiger partial charge in [-0.2, -0.15) is 0 Å². The molecule has 1 saturated heterocycles. The van der Waals surface area contributed by atoms with Crippen LogP contribution in [0.2, 0.25) is 0 Å². The van der Waals surface area contributed by atoms with Crippen LogP contribution in [0.15, 0.2) is 0 Å². The maximum absolute atomic E-state index is 10.7. The number of nitrogens with zero attached hydrogens (tertiary/aromatic N) is 1. The molecule has 0 aromatic carbocycles. The fraction of sp³-hybridized carbons (Fsp3) is 0.900. The molecule has 0 bridgehead atoms. The van der Waals surface area contributed by atoms with Crippen molar-refractivity contribution in [3.63, 3.8) is 0 Å². The van der Waals surface area contributed by atoms with E-state index in [0.717, 1.165) is 0 Å². The van der Waals surface area contributed by atoms with Crippen molar-refractivity contribution < 1.29 is 14.6 Å². The summed E-state index contributed by atoms with van der Waals surface area (Å²) in [5.74, 6) is -0.782. The van der Waals surface area contributed by atoms with Crippen molar-refractivity contribution in [3.05, 3.63) is 0 Å². The Hall–Kier alpha value is -0.610. The van der Waals surface area contributed by atoms with Gasteiger partial charge in [-0.15, -0.1) is 0 Å². The molecule has 82 valence electrons. The number of carboxylic acid groups (broad SMARTS) is 1. The summed E-state index contributed by atoms with van der Waals surface area (Å²) < 4.78 is 5.66. The Kier molecular flexibility index (Phi) is 2.88. The summed E-state index contributed by atoms with van der Waals surface area (Å²) in [4.78, 5) is 12.6. The minimum atomic E-state index is -0.782. The van der Waals surface area contributed by atoms with Gasteiger partial charge in [-0.25, -0.2) is 0 Å². The Morgan fingerprint density at radius 1 is 1.43 bits per heavy atom. The van der Waals surface area contributed by atoms with Gasteiger partial charge in [-0.05, 0) is 27.7 Å². The summed E-state index contributed by atoms with van der Waals surface area (Å²) in [6.45, 7) is 9.30. The zero-order chi connectivity index (χ0) is 11.0. The van der Waals surface area contributed by atoms with E-state index in [4.69, 9.17) is 9.84 Å². The summed E-state index contributed by atoms with van der Waals surface area (Å²) >= 11 is 0. The number of rotatable bonds is 2. The molecule has 0 spiro atoms. The summed E-state index contributed by atoms with van der Waals surface area (Å²) in [6.07, 6.45) is 0. The molecule has 4 nitrogen and oxygen atoms in total. The molecule has 1 fully saturated rings. The molecule has 1 aliphatic rings. The average Bonchev–Trinajstić information content (AvgIpc) is 1.97. The fourth-order valence-corrected chi connectivity index (χ4v) is 1.62. The van der Waals surface area contributed by atoms with Gasteiger partial charge in [-0.3, -0.25) is 9.69 Å². The first-order valence-electron chi connectivity index (χ1n) is 4.84. The molecule has 1 N–H and O–H groups in total. The topological polar surface area (TPSA) is 49.8 Å². The van der Waals surface area contributed by atoms with Crippen molar-refractivity contribution in [3.8, 4) is 0 Å². The van der Waals surface area contributed by atoms with Crippen LogP contribution in [0.1, 0.15) is 27.7 Å². The summed E-state index contributed by atoms with van der Waals surface area (Å²) in [5, 5.41) is 8.79. The average molecular weight is 201 g/mol. The lowest BCUT2D eigenvalue weighted by Crippen LogP contribution is -2.60. The van der Waals surface area contributed by atoms with E-state index in [-0.39, 0.29) is 17.7 Å². The van der Waals surface area contributed by atoms with Crippen molar-refractivity contribution in [2.24, 2.45) is 0 Å². The molecule has 0 aromatic heterocycles. The Morgan fingerprint density at radius 3 is 2.50 bits per heavy atom. The molecule has 1 aliphatic heterocycles. The highest BCUT2D eigenvalue weighted by molar-refractivity contribution is 5.69. The van der Waals surface area contributed by atoms with Gasteiger partial charge in [0.15, 0.2) is 0 Å².